The highest BCUT2D eigenvalue weighted by Gasteiger charge is 2.25. The molecule has 1 N–H and O–H groups in total. The lowest BCUT2D eigenvalue weighted by atomic mass is 9.88. The third-order valence-corrected chi connectivity index (χ3v) is 6.97. The van der Waals surface area contributed by atoms with Crippen molar-refractivity contribution in [2.24, 2.45) is 5.92 Å². The standard InChI is InChI=1S/C26H26F3N3O/c27-23(28)14-18-2-1-3-20-21(8-9-22-25(20)26(29)31-30-22)24(18)17-4-6-19(7-5-17)32-12-10-16(15-33)11-13-32/h4-9,15-16,23H,1-3,10-14H2,(H,30,31). The fourth-order valence-electron chi connectivity index (χ4n) is 5.31. The molecule has 1 saturated heterocycles. The highest BCUT2D eigenvalue weighted by atomic mass is 19.3. The van der Waals surface area contributed by atoms with Crippen LogP contribution in [0.4, 0.5) is 18.9 Å². The van der Waals surface area contributed by atoms with Crippen LogP contribution < -0.4 is 4.90 Å². The number of alkyl halides is 2. The zero-order valence-electron chi connectivity index (χ0n) is 18.3. The zero-order valence-corrected chi connectivity index (χ0v) is 18.3. The third-order valence-electron chi connectivity index (χ3n) is 6.97. The highest BCUT2D eigenvalue weighted by Crippen LogP contribution is 2.40. The molecule has 1 aliphatic carbocycles. The first-order chi connectivity index (χ1) is 16.0. The van der Waals surface area contributed by atoms with Gasteiger partial charge in [-0.05, 0) is 72.6 Å². The van der Waals surface area contributed by atoms with Crippen LogP contribution in [-0.4, -0.2) is 36.0 Å². The maximum atomic E-state index is 14.5. The van der Waals surface area contributed by atoms with Crippen LogP contribution in [0.3, 0.4) is 0 Å². The van der Waals surface area contributed by atoms with E-state index in [1.807, 2.05) is 30.3 Å². The average molecular weight is 454 g/mol. The van der Waals surface area contributed by atoms with Crippen molar-refractivity contribution in [3.8, 4) is 0 Å². The molecule has 33 heavy (non-hydrogen) atoms. The van der Waals surface area contributed by atoms with Crippen LogP contribution in [0.5, 0.6) is 0 Å². The molecular weight excluding hydrogens is 427 g/mol. The van der Waals surface area contributed by atoms with Crippen molar-refractivity contribution in [2.45, 2.75) is 45.0 Å². The molecule has 0 bridgehead atoms. The van der Waals surface area contributed by atoms with E-state index in [1.165, 1.54) is 0 Å². The normalized spacial score (nSPS) is 17.5. The third kappa shape index (κ3) is 4.16. The second-order valence-corrected chi connectivity index (χ2v) is 8.96. The second kappa shape index (κ2) is 9.04. The Morgan fingerprint density at radius 2 is 1.85 bits per heavy atom. The molecule has 172 valence electrons. The van der Waals surface area contributed by atoms with Gasteiger partial charge < -0.3 is 9.69 Å². The van der Waals surface area contributed by atoms with Gasteiger partial charge in [0.2, 0.25) is 12.4 Å². The van der Waals surface area contributed by atoms with Crippen LogP contribution in [-0.2, 0) is 11.2 Å². The van der Waals surface area contributed by atoms with Crippen molar-refractivity contribution in [1.82, 2.24) is 10.2 Å². The Balaban J connectivity index is 1.57. The molecule has 7 heteroatoms. The molecule has 0 unspecified atom stereocenters. The van der Waals surface area contributed by atoms with Gasteiger partial charge in [0.05, 0.1) is 10.9 Å². The number of allylic oxidation sites excluding steroid dienone is 1. The van der Waals surface area contributed by atoms with Gasteiger partial charge in [-0.2, -0.15) is 9.49 Å². The minimum atomic E-state index is -2.44. The highest BCUT2D eigenvalue weighted by molar-refractivity contribution is 5.93. The number of carbonyl (C=O) groups excluding carboxylic acids is 1. The number of aryl methyl sites for hydroxylation is 1. The minimum Gasteiger partial charge on any atom is -0.371 e. The molecule has 1 aliphatic heterocycles. The summed E-state index contributed by atoms with van der Waals surface area (Å²) < 4.78 is 41.6. The molecule has 5 rings (SSSR count). The molecule has 0 radical (unpaired) electrons. The molecule has 2 aliphatic rings. The summed E-state index contributed by atoms with van der Waals surface area (Å²) in [7, 11) is 0. The number of halogens is 3. The first kappa shape index (κ1) is 21.7. The molecule has 0 atom stereocenters. The SMILES string of the molecule is O=CC1CCN(c2ccc(C3=C(CC(F)F)CCCc4c3ccc3n[nH]c(F)c43)cc2)CC1. The lowest BCUT2D eigenvalue weighted by molar-refractivity contribution is -0.111. The van der Waals surface area contributed by atoms with Gasteiger partial charge in [-0.25, -0.2) is 8.78 Å². The van der Waals surface area contributed by atoms with Crippen LogP contribution in [0.2, 0.25) is 0 Å². The van der Waals surface area contributed by atoms with E-state index in [2.05, 4.69) is 15.1 Å². The Kier molecular flexibility index (Phi) is 5.96. The minimum absolute atomic E-state index is 0.130. The first-order valence-electron chi connectivity index (χ1n) is 11.5. The maximum Gasteiger partial charge on any atom is 0.242 e. The number of rotatable bonds is 5. The number of hydrogen-bond donors (Lipinski definition) is 1. The lowest BCUT2D eigenvalue weighted by Gasteiger charge is -2.31. The quantitative estimate of drug-likeness (QED) is 0.489. The van der Waals surface area contributed by atoms with Gasteiger partial charge in [-0.3, -0.25) is 5.10 Å². The van der Waals surface area contributed by atoms with E-state index in [9.17, 15) is 18.0 Å². The zero-order chi connectivity index (χ0) is 22.9. The van der Waals surface area contributed by atoms with Gasteiger partial charge in [0.1, 0.15) is 6.29 Å². The number of aldehydes is 1. The van der Waals surface area contributed by atoms with Gasteiger partial charge >= 0.3 is 0 Å². The van der Waals surface area contributed by atoms with Crippen LogP contribution in [0, 0.1) is 11.9 Å². The van der Waals surface area contributed by atoms with E-state index < -0.39 is 12.4 Å². The molecule has 3 aromatic rings. The number of nitrogens with zero attached hydrogens (tertiary/aromatic N) is 2. The summed E-state index contributed by atoms with van der Waals surface area (Å²) in [5, 5.41) is 6.91. The summed E-state index contributed by atoms with van der Waals surface area (Å²) >= 11 is 0. The van der Waals surface area contributed by atoms with Crippen LogP contribution in [0.15, 0.2) is 42.0 Å². The van der Waals surface area contributed by atoms with E-state index in [-0.39, 0.29) is 12.3 Å². The van der Waals surface area contributed by atoms with Crippen molar-refractivity contribution >= 4 is 28.4 Å². The number of fused-ring (bicyclic) bond motifs is 3. The Labute approximate surface area is 190 Å². The summed E-state index contributed by atoms with van der Waals surface area (Å²) in [6.45, 7) is 1.64. The van der Waals surface area contributed by atoms with Crippen LogP contribution >= 0.6 is 0 Å². The number of piperidine rings is 1. The van der Waals surface area contributed by atoms with Crippen molar-refractivity contribution < 1.29 is 18.0 Å². The fraction of sp³-hybridized carbons (Fsp3) is 0.385. The Hall–Kier alpha value is -3.09. The predicted octanol–water partition coefficient (Wildman–Crippen LogP) is 5.91. The van der Waals surface area contributed by atoms with Crippen molar-refractivity contribution in [3.05, 3.63) is 64.6 Å². The Morgan fingerprint density at radius 3 is 2.55 bits per heavy atom. The Morgan fingerprint density at radius 1 is 1.09 bits per heavy atom. The number of nitrogens with one attached hydrogen (secondary N) is 1. The first-order valence-corrected chi connectivity index (χ1v) is 11.5. The number of aromatic nitrogens is 2. The molecule has 1 aromatic heterocycles. The average Bonchev–Trinajstić information content (AvgIpc) is 3.11. The van der Waals surface area contributed by atoms with Gasteiger partial charge in [-0.15, -0.1) is 0 Å². The van der Waals surface area contributed by atoms with Crippen molar-refractivity contribution in [1.29, 1.82) is 0 Å². The number of H-pyrrole nitrogens is 1. The number of benzene rings is 2. The van der Waals surface area contributed by atoms with E-state index in [0.717, 1.165) is 60.2 Å². The number of carbonyl (C=O) groups is 1. The predicted molar refractivity (Wildman–Crippen MR) is 123 cm³/mol. The molecule has 2 heterocycles. The molecule has 0 amide bonds. The summed E-state index contributed by atoms with van der Waals surface area (Å²) in [5.74, 6) is -0.349. The summed E-state index contributed by atoms with van der Waals surface area (Å²) in [4.78, 5) is 13.3. The number of anilines is 1. The van der Waals surface area contributed by atoms with Gasteiger partial charge in [0.15, 0.2) is 0 Å². The monoisotopic (exact) mass is 453 g/mol. The molecule has 2 aromatic carbocycles. The molecule has 1 fully saturated rings. The molecule has 0 spiro atoms. The van der Waals surface area contributed by atoms with E-state index in [1.54, 1.807) is 6.07 Å². The van der Waals surface area contributed by atoms with Crippen LogP contribution in [0.1, 0.15) is 48.8 Å². The van der Waals surface area contributed by atoms with Gasteiger partial charge in [-0.1, -0.05) is 23.8 Å². The number of hydrogen-bond acceptors (Lipinski definition) is 3. The Bertz CT molecular complexity index is 1190. The maximum absolute atomic E-state index is 14.5. The van der Waals surface area contributed by atoms with Gasteiger partial charge in [0.25, 0.3) is 0 Å². The fourth-order valence-corrected chi connectivity index (χ4v) is 5.31. The van der Waals surface area contributed by atoms with Gasteiger partial charge in [0, 0.05) is 31.1 Å². The summed E-state index contributed by atoms with van der Waals surface area (Å²) in [6, 6.07) is 11.6. The largest absolute Gasteiger partial charge is 0.371 e. The van der Waals surface area contributed by atoms with Crippen molar-refractivity contribution in [2.75, 3.05) is 18.0 Å². The number of aromatic amines is 1. The van der Waals surface area contributed by atoms with E-state index >= 15 is 0 Å². The molecule has 0 saturated carbocycles. The van der Waals surface area contributed by atoms with E-state index in [4.69, 9.17) is 0 Å². The lowest BCUT2D eigenvalue weighted by Crippen LogP contribution is -2.34. The smallest absolute Gasteiger partial charge is 0.242 e. The topological polar surface area (TPSA) is 49.0 Å². The van der Waals surface area contributed by atoms with Crippen molar-refractivity contribution in [3.63, 3.8) is 0 Å². The summed E-state index contributed by atoms with van der Waals surface area (Å²) in [5.41, 5.74) is 5.63. The molecular formula is C26H26F3N3O. The molecule has 4 nitrogen and oxygen atoms in total. The second-order valence-electron chi connectivity index (χ2n) is 8.96. The summed E-state index contributed by atoms with van der Waals surface area (Å²) in [6.07, 6.45) is 1.85. The van der Waals surface area contributed by atoms with E-state index in [0.29, 0.717) is 35.7 Å². The van der Waals surface area contributed by atoms with Crippen LogP contribution in [0.25, 0.3) is 16.5 Å².